The Hall–Kier alpha value is -2.21. The molecule has 3 heterocycles. The average molecular weight is 381 g/mol. The third-order valence-corrected chi connectivity index (χ3v) is 6.58. The summed E-state index contributed by atoms with van der Waals surface area (Å²) >= 11 is 0. The first kappa shape index (κ1) is 17.9. The number of rotatable bonds is 4. The second-order valence-electron chi connectivity index (χ2n) is 8.52. The van der Waals surface area contributed by atoms with Crippen molar-refractivity contribution >= 4 is 11.0 Å². The summed E-state index contributed by atoms with van der Waals surface area (Å²) in [6.07, 6.45) is 8.07. The van der Waals surface area contributed by atoms with Gasteiger partial charge in [0.1, 0.15) is 11.6 Å². The molecule has 1 saturated carbocycles. The van der Waals surface area contributed by atoms with Crippen LogP contribution in [0.3, 0.4) is 0 Å². The van der Waals surface area contributed by atoms with Crippen molar-refractivity contribution < 1.29 is 4.39 Å². The van der Waals surface area contributed by atoms with Crippen LogP contribution in [0, 0.1) is 12.7 Å². The van der Waals surface area contributed by atoms with E-state index in [1.807, 2.05) is 17.8 Å². The Morgan fingerprint density at radius 2 is 1.93 bits per heavy atom. The van der Waals surface area contributed by atoms with Gasteiger partial charge in [-0.25, -0.2) is 9.37 Å². The lowest BCUT2D eigenvalue weighted by Gasteiger charge is -2.35. The normalized spacial score (nSPS) is 19.4. The average Bonchev–Trinajstić information content (AvgIpc) is 3.13. The summed E-state index contributed by atoms with van der Waals surface area (Å²) in [5.74, 6) is 1.54. The van der Waals surface area contributed by atoms with Crippen molar-refractivity contribution in [3.63, 3.8) is 0 Å². The maximum Gasteiger partial charge on any atom is 0.125 e. The molecule has 148 valence electrons. The van der Waals surface area contributed by atoms with E-state index in [1.54, 1.807) is 12.1 Å². The van der Waals surface area contributed by atoms with Crippen LogP contribution >= 0.6 is 0 Å². The molecule has 0 radical (unpaired) electrons. The van der Waals surface area contributed by atoms with Gasteiger partial charge in [0.2, 0.25) is 0 Å². The number of imidazole rings is 1. The van der Waals surface area contributed by atoms with Crippen molar-refractivity contribution in [1.82, 2.24) is 24.2 Å². The Labute approximate surface area is 165 Å². The summed E-state index contributed by atoms with van der Waals surface area (Å²) < 4.78 is 18.1. The zero-order valence-electron chi connectivity index (χ0n) is 16.7. The molecule has 28 heavy (non-hydrogen) atoms. The molecule has 1 aromatic carbocycles. The molecule has 0 spiro atoms. The van der Waals surface area contributed by atoms with Crippen LogP contribution in [0.5, 0.6) is 0 Å². The number of likely N-dealkylation sites (tertiary alicyclic amines) is 1. The van der Waals surface area contributed by atoms with E-state index in [4.69, 9.17) is 4.98 Å². The second-order valence-corrected chi connectivity index (χ2v) is 8.52. The van der Waals surface area contributed by atoms with Crippen LogP contribution in [0.1, 0.15) is 61.1 Å². The first-order chi connectivity index (χ1) is 13.6. The van der Waals surface area contributed by atoms with E-state index in [1.165, 1.54) is 30.7 Å². The van der Waals surface area contributed by atoms with Gasteiger partial charge in [-0.3, -0.25) is 9.58 Å². The molecule has 5 nitrogen and oxygen atoms in total. The van der Waals surface area contributed by atoms with Gasteiger partial charge in [0.15, 0.2) is 0 Å². The van der Waals surface area contributed by atoms with E-state index in [0.717, 1.165) is 49.2 Å². The maximum atomic E-state index is 13.7. The zero-order valence-corrected chi connectivity index (χ0v) is 16.7. The first-order valence-corrected chi connectivity index (χ1v) is 10.5. The minimum absolute atomic E-state index is 0.195. The second kappa shape index (κ2) is 6.99. The van der Waals surface area contributed by atoms with Gasteiger partial charge < -0.3 is 4.57 Å². The van der Waals surface area contributed by atoms with E-state index in [0.29, 0.717) is 12.0 Å². The van der Waals surface area contributed by atoms with E-state index in [9.17, 15) is 4.39 Å². The summed E-state index contributed by atoms with van der Waals surface area (Å²) in [4.78, 5) is 7.40. The molecule has 2 aromatic heterocycles. The largest absolute Gasteiger partial charge is 0.325 e. The molecular weight excluding hydrogens is 353 g/mol. The van der Waals surface area contributed by atoms with Crippen LogP contribution < -0.4 is 0 Å². The minimum atomic E-state index is -0.195. The number of fused-ring (bicyclic) bond motifs is 1. The Kier molecular flexibility index (Phi) is 4.46. The van der Waals surface area contributed by atoms with E-state index >= 15 is 0 Å². The lowest BCUT2D eigenvalue weighted by molar-refractivity contribution is 0.177. The Bertz CT molecular complexity index is 992. The highest BCUT2D eigenvalue weighted by Crippen LogP contribution is 2.40. The fourth-order valence-corrected chi connectivity index (χ4v) is 4.81. The van der Waals surface area contributed by atoms with Gasteiger partial charge in [-0.2, -0.15) is 5.10 Å². The van der Waals surface area contributed by atoms with Crippen LogP contribution in [0.25, 0.3) is 11.0 Å². The molecule has 0 unspecified atom stereocenters. The smallest absolute Gasteiger partial charge is 0.125 e. The topological polar surface area (TPSA) is 38.9 Å². The summed E-state index contributed by atoms with van der Waals surface area (Å²) in [5, 5.41) is 4.47. The lowest BCUT2D eigenvalue weighted by atomic mass is 9.84. The van der Waals surface area contributed by atoms with Crippen molar-refractivity contribution in [3.05, 3.63) is 47.3 Å². The van der Waals surface area contributed by atoms with Crippen molar-refractivity contribution in [3.8, 4) is 0 Å². The first-order valence-electron chi connectivity index (χ1n) is 10.5. The molecule has 1 aliphatic heterocycles. The molecular formula is C22H28FN5. The summed E-state index contributed by atoms with van der Waals surface area (Å²) in [7, 11) is 1.98. The third-order valence-electron chi connectivity index (χ3n) is 6.58. The molecule has 1 aliphatic carbocycles. The highest BCUT2D eigenvalue weighted by Gasteiger charge is 2.30. The fourth-order valence-electron chi connectivity index (χ4n) is 4.81. The molecule has 0 N–H and O–H groups in total. The predicted octanol–water partition coefficient (Wildman–Crippen LogP) is 4.32. The van der Waals surface area contributed by atoms with Crippen LogP contribution in [0.2, 0.25) is 0 Å². The molecule has 2 fully saturated rings. The Balaban J connectivity index is 1.37. The van der Waals surface area contributed by atoms with Crippen LogP contribution in [-0.4, -0.2) is 37.3 Å². The summed E-state index contributed by atoms with van der Waals surface area (Å²) in [6.45, 7) is 5.20. The van der Waals surface area contributed by atoms with E-state index in [-0.39, 0.29) is 5.82 Å². The van der Waals surface area contributed by atoms with Crippen molar-refractivity contribution in [2.24, 2.45) is 7.05 Å². The van der Waals surface area contributed by atoms with Gasteiger partial charge in [0.25, 0.3) is 0 Å². The minimum Gasteiger partial charge on any atom is -0.325 e. The highest BCUT2D eigenvalue weighted by molar-refractivity contribution is 5.76. The number of halogens is 1. The molecule has 5 rings (SSSR count). The quantitative estimate of drug-likeness (QED) is 0.675. The molecule has 3 aromatic rings. The zero-order chi connectivity index (χ0) is 19.3. The van der Waals surface area contributed by atoms with Gasteiger partial charge in [-0.1, -0.05) is 6.42 Å². The predicted molar refractivity (Wildman–Crippen MR) is 108 cm³/mol. The highest BCUT2D eigenvalue weighted by atomic mass is 19.1. The Morgan fingerprint density at radius 1 is 1.14 bits per heavy atom. The summed E-state index contributed by atoms with van der Waals surface area (Å²) in [5.41, 5.74) is 4.36. The van der Waals surface area contributed by atoms with Gasteiger partial charge in [0.05, 0.1) is 16.7 Å². The number of nitrogens with zero attached hydrogens (tertiary/aromatic N) is 5. The fraction of sp³-hybridized carbons (Fsp3) is 0.545. The molecule has 2 aliphatic rings. The van der Waals surface area contributed by atoms with Crippen LogP contribution in [-0.2, 0) is 13.6 Å². The number of piperidine rings is 1. The monoisotopic (exact) mass is 381 g/mol. The van der Waals surface area contributed by atoms with Gasteiger partial charge in [0, 0.05) is 56.5 Å². The number of benzene rings is 1. The summed E-state index contributed by atoms with van der Waals surface area (Å²) in [6, 6.07) is 5.54. The molecule has 0 atom stereocenters. The standard InChI is InChI=1S/C22H28FN5/c1-15-17(13-26(2)25-15)14-27-10-8-19(9-11-27)28-21-7-6-18(23)12-20(21)24-22(28)16-4-3-5-16/h6-7,12-13,16,19H,3-5,8-11,14H2,1-2H3. The van der Waals surface area contributed by atoms with Crippen LogP contribution in [0.15, 0.2) is 24.4 Å². The lowest BCUT2D eigenvalue weighted by Crippen LogP contribution is -2.35. The maximum absolute atomic E-state index is 13.7. The van der Waals surface area contributed by atoms with Gasteiger partial charge in [-0.05, 0) is 44.7 Å². The third kappa shape index (κ3) is 3.13. The number of aryl methyl sites for hydroxylation is 2. The van der Waals surface area contributed by atoms with Crippen molar-refractivity contribution in [1.29, 1.82) is 0 Å². The molecule has 6 heteroatoms. The van der Waals surface area contributed by atoms with Crippen molar-refractivity contribution in [2.45, 2.75) is 57.5 Å². The number of hydrogen-bond acceptors (Lipinski definition) is 3. The van der Waals surface area contributed by atoms with Gasteiger partial charge in [-0.15, -0.1) is 0 Å². The van der Waals surface area contributed by atoms with E-state index < -0.39 is 0 Å². The Morgan fingerprint density at radius 3 is 2.57 bits per heavy atom. The number of aromatic nitrogens is 4. The molecule has 0 bridgehead atoms. The van der Waals surface area contributed by atoms with Crippen LogP contribution in [0.4, 0.5) is 4.39 Å². The molecule has 1 saturated heterocycles. The molecule has 0 amide bonds. The number of hydrogen-bond donors (Lipinski definition) is 0. The SMILES string of the molecule is Cc1nn(C)cc1CN1CCC(n2c(C3CCC3)nc3cc(F)ccc32)CC1. The van der Waals surface area contributed by atoms with Crippen molar-refractivity contribution in [2.75, 3.05) is 13.1 Å². The van der Waals surface area contributed by atoms with Gasteiger partial charge >= 0.3 is 0 Å². The van der Waals surface area contributed by atoms with E-state index in [2.05, 4.69) is 27.7 Å².